The third kappa shape index (κ3) is 5.60. The van der Waals surface area contributed by atoms with Crippen molar-refractivity contribution in [3.8, 4) is 0 Å². The third-order valence-electron chi connectivity index (χ3n) is 6.37. The van der Waals surface area contributed by atoms with Crippen molar-refractivity contribution >= 4 is 35.4 Å². The highest BCUT2D eigenvalue weighted by Gasteiger charge is 2.45. The lowest BCUT2D eigenvalue weighted by Crippen LogP contribution is -2.54. The fraction of sp³-hybridized carbons (Fsp3) is 0.522. The molecule has 3 unspecified atom stereocenters. The normalized spacial score (nSPS) is 24.2. The molecule has 4 rings (SSSR count). The predicted molar refractivity (Wildman–Crippen MR) is 123 cm³/mol. The first kappa shape index (κ1) is 24.6. The molecule has 1 aromatic carbocycles. The maximum absolute atomic E-state index is 13.1. The number of imide groups is 2. The number of primary amides is 1. The number of nitrogens with one attached hydrogen (secondary N) is 3. The van der Waals surface area contributed by atoms with Crippen LogP contribution in [-0.2, 0) is 19.1 Å². The number of ether oxygens (including phenoxy) is 2. The van der Waals surface area contributed by atoms with E-state index in [9.17, 15) is 24.0 Å². The number of carbonyl (C=O) groups is 5. The van der Waals surface area contributed by atoms with Gasteiger partial charge in [0.1, 0.15) is 12.1 Å². The summed E-state index contributed by atoms with van der Waals surface area (Å²) in [4.78, 5) is 61.5. The minimum absolute atomic E-state index is 0.0709. The van der Waals surface area contributed by atoms with Crippen molar-refractivity contribution < 1.29 is 33.4 Å². The van der Waals surface area contributed by atoms with Gasteiger partial charge in [-0.25, -0.2) is 4.79 Å². The lowest BCUT2D eigenvalue weighted by Gasteiger charge is -2.29. The monoisotopic (exact) mass is 487 g/mol. The van der Waals surface area contributed by atoms with Crippen molar-refractivity contribution in [1.29, 1.82) is 0 Å². The Balaban J connectivity index is 1.26. The molecule has 12 heteroatoms. The van der Waals surface area contributed by atoms with Crippen molar-refractivity contribution in [3.63, 3.8) is 0 Å². The Labute approximate surface area is 201 Å². The standard InChI is InChI=1S/C23H29N5O7/c24-23(33)35-14-6-8-25-13(12-14)7-10-34-11-9-26-16-3-1-2-15-19(16)22(32)28(21(15)31)17-4-5-18(29)27-20(17)30/h1-3,13-14,17,25-26H,4-12H2,(H2,24,33)(H,27,29,30). The summed E-state index contributed by atoms with van der Waals surface area (Å²) < 4.78 is 10.8. The number of carbonyl (C=O) groups excluding carboxylic acids is 5. The summed E-state index contributed by atoms with van der Waals surface area (Å²) in [7, 11) is 0. The van der Waals surface area contributed by atoms with Crippen LogP contribution in [0.2, 0.25) is 0 Å². The molecule has 3 atom stereocenters. The molecule has 2 saturated heterocycles. The molecule has 3 heterocycles. The highest BCUT2D eigenvalue weighted by Crippen LogP contribution is 2.32. The van der Waals surface area contributed by atoms with Crippen LogP contribution in [0, 0.1) is 0 Å². The zero-order valence-corrected chi connectivity index (χ0v) is 19.2. The molecule has 0 bridgehead atoms. The molecular weight excluding hydrogens is 458 g/mol. The minimum atomic E-state index is -1.00. The van der Waals surface area contributed by atoms with E-state index in [1.807, 2.05) is 0 Å². The van der Waals surface area contributed by atoms with Crippen LogP contribution in [0.5, 0.6) is 0 Å². The van der Waals surface area contributed by atoms with E-state index in [0.717, 1.165) is 24.3 Å². The van der Waals surface area contributed by atoms with E-state index in [1.165, 1.54) is 0 Å². The summed E-state index contributed by atoms with van der Waals surface area (Å²) in [5.41, 5.74) is 6.02. The Hall–Kier alpha value is -3.51. The van der Waals surface area contributed by atoms with Gasteiger partial charge in [0.2, 0.25) is 11.8 Å². The van der Waals surface area contributed by atoms with Crippen LogP contribution < -0.4 is 21.7 Å². The Morgan fingerprint density at radius 2 is 1.97 bits per heavy atom. The summed E-state index contributed by atoms with van der Waals surface area (Å²) in [6.07, 6.45) is 1.40. The zero-order chi connectivity index (χ0) is 24.9. The van der Waals surface area contributed by atoms with E-state index in [-0.39, 0.29) is 36.1 Å². The van der Waals surface area contributed by atoms with Crippen LogP contribution in [0.3, 0.4) is 0 Å². The molecule has 0 radical (unpaired) electrons. The van der Waals surface area contributed by atoms with Crippen LogP contribution in [0.4, 0.5) is 10.5 Å². The second kappa shape index (κ2) is 10.8. The zero-order valence-electron chi connectivity index (χ0n) is 19.2. The molecule has 5 amide bonds. The second-order valence-corrected chi connectivity index (χ2v) is 8.74. The van der Waals surface area contributed by atoms with Gasteiger partial charge >= 0.3 is 6.09 Å². The topological polar surface area (TPSA) is 169 Å². The third-order valence-corrected chi connectivity index (χ3v) is 6.37. The van der Waals surface area contributed by atoms with Crippen LogP contribution >= 0.6 is 0 Å². The summed E-state index contributed by atoms with van der Waals surface area (Å²) >= 11 is 0. The van der Waals surface area contributed by atoms with Crippen molar-refractivity contribution in [2.45, 2.75) is 50.3 Å². The molecule has 0 saturated carbocycles. The first-order chi connectivity index (χ1) is 16.8. The molecule has 0 aromatic heterocycles. The average molecular weight is 488 g/mol. The highest BCUT2D eigenvalue weighted by molar-refractivity contribution is 6.25. The number of piperidine rings is 2. The highest BCUT2D eigenvalue weighted by atomic mass is 16.6. The molecule has 3 aliphatic heterocycles. The van der Waals surface area contributed by atoms with Gasteiger partial charge in [0, 0.05) is 31.3 Å². The maximum atomic E-state index is 13.1. The molecule has 2 fully saturated rings. The molecule has 1 aromatic rings. The van der Waals surface area contributed by atoms with Crippen molar-refractivity contribution in [1.82, 2.24) is 15.5 Å². The molecule has 0 spiro atoms. The number of benzene rings is 1. The van der Waals surface area contributed by atoms with Crippen LogP contribution in [-0.4, -0.2) is 79.1 Å². The number of amides is 5. The number of rotatable bonds is 9. The lowest BCUT2D eigenvalue weighted by molar-refractivity contribution is -0.136. The summed E-state index contributed by atoms with van der Waals surface area (Å²) in [6.45, 7) is 2.01. The van der Waals surface area contributed by atoms with Gasteiger partial charge in [0.25, 0.3) is 11.8 Å². The first-order valence-corrected chi connectivity index (χ1v) is 11.7. The molecule has 12 nitrogen and oxygen atoms in total. The number of fused-ring (bicyclic) bond motifs is 1. The van der Waals surface area contributed by atoms with E-state index in [1.54, 1.807) is 18.2 Å². The van der Waals surface area contributed by atoms with Gasteiger partial charge in [-0.2, -0.15) is 0 Å². The smallest absolute Gasteiger partial charge is 0.404 e. The second-order valence-electron chi connectivity index (χ2n) is 8.74. The van der Waals surface area contributed by atoms with Gasteiger partial charge in [-0.1, -0.05) is 6.07 Å². The quantitative estimate of drug-likeness (QED) is 0.279. The van der Waals surface area contributed by atoms with Crippen LogP contribution in [0.15, 0.2) is 18.2 Å². The van der Waals surface area contributed by atoms with Crippen molar-refractivity contribution in [2.24, 2.45) is 5.73 Å². The van der Waals surface area contributed by atoms with E-state index < -0.39 is 35.8 Å². The van der Waals surface area contributed by atoms with Gasteiger partial charge in [0.05, 0.1) is 17.7 Å². The minimum Gasteiger partial charge on any atom is -0.446 e. The van der Waals surface area contributed by atoms with E-state index >= 15 is 0 Å². The molecule has 188 valence electrons. The van der Waals surface area contributed by atoms with Gasteiger partial charge in [-0.05, 0) is 44.4 Å². The number of nitrogens with zero attached hydrogens (tertiary/aromatic N) is 1. The summed E-state index contributed by atoms with van der Waals surface area (Å²) in [5.74, 6) is -2.15. The Morgan fingerprint density at radius 1 is 1.14 bits per heavy atom. The SMILES string of the molecule is NC(=O)OC1CCNC(CCOCCNc2cccc3c2C(=O)N(C2CCC(=O)NC2=O)C3=O)C1. The van der Waals surface area contributed by atoms with Crippen molar-refractivity contribution in [2.75, 3.05) is 31.6 Å². The molecule has 0 aliphatic carbocycles. The Morgan fingerprint density at radius 3 is 2.74 bits per heavy atom. The largest absolute Gasteiger partial charge is 0.446 e. The Kier molecular flexibility index (Phi) is 7.61. The van der Waals surface area contributed by atoms with E-state index in [0.29, 0.717) is 31.9 Å². The van der Waals surface area contributed by atoms with Gasteiger partial charge in [0.15, 0.2) is 0 Å². The lowest BCUT2D eigenvalue weighted by atomic mass is 10.00. The van der Waals surface area contributed by atoms with Gasteiger partial charge in [-0.3, -0.25) is 29.4 Å². The predicted octanol–water partition coefficient (Wildman–Crippen LogP) is 0.122. The Bertz CT molecular complexity index is 1030. The van der Waals surface area contributed by atoms with Crippen molar-refractivity contribution in [3.05, 3.63) is 29.3 Å². The fourth-order valence-corrected chi connectivity index (χ4v) is 4.71. The van der Waals surface area contributed by atoms with Gasteiger partial charge in [-0.15, -0.1) is 0 Å². The molecular formula is C23H29N5O7. The van der Waals surface area contributed by atoms with Gasteiger partial charge < -0.3 is 25.8 Å². The summed E-state index contributed by atoms with van der Waals surface area (Å²) in [5, 5.41) is 8.69. The van der Waals surface area contributed by atoms with E-state index in [2.05, 4.69) is 16.0 Å². The summed E-state index contributed by atoms with van der Waals surface area (Å²) in [6, 6.07) is 4.08. The van der Waals surface area contributed by atoms with Crippen LogP contribution in [0.25, 0.3) is 0 Å². The first-order valence-electron chi connectivity index (χ1n) is 11.7. The number of hydrogen-bond donors (Lipinski definition) is 4. The van der Waals surface area contributed by atoms with E-state index in [4.69, 9.17) is 15.2 Å². The molecule has 3 aliphatic rings. The fourth-order valence-electron chi connectivity index (χ4n) is 4.71. The molecule has 5 N–H and O–H groups in total. The average Bonchev–Trinajstić information content (AvgIpc) is 3.07. The van der Waals surface area contributed by atoms with Crippen LogP contribution in [0.1, 0.15) is 52.8 Å². The maximum Gasteiger partial charge on any atom is 0.404 e. The number of anilines is 1. The molecule has 35 heavy (non-hydrogen) atoms. The number of hydrogen-bond acceptors (Lipinski definition) is 9. The number of nitrogens with two attached hydrogens (primary N) is 1.